The standard InChI is InChI=1S/C16H24N2O3/c1-12(2)18-5-6-19-14(11-18)10-17-13-3-4-15-16(9-13)21-8-7-20-15/h3-4,9,12,14,17H,5-8,10-11H2,1-2H3. The van der Waals surface area contributed by atoms with Crippen LogP contribution < -0.4 is 14.8 Å². The van der Waals surface area contributed by atoms with Crippen molar-refractivity contribution in [2.24, 2.45) is 0 Å². The molecule has 2 heterocycles. The van der Waals surface area contributed by atoms with Crippen molar-refractivity contribution in [3.8, 4) is 11.5 Å². The van der Waals surface area contributed by atoms with E-state index in [0.29, 0.717) is 19.3 Å². The van der Waals surface area contributed by atoms with Crippen LogP contribution in [0.2, 0.25) is 0 Å². The number of morpholine rings is 1. The minimum Gasteiger partial charge on any atom is -0.486 e. The molecule has 1 atom stereocenters. The first kappa shape index (κ1) is 14.5. The van der Waals surface area contributed by atoms with Gasteiger partial charge in [0.05, 0.1) is 12.7 Å². The largest absolute Gasteiger partial charge is 0.486 e. The van der Waals surface area contributed by atoms with Crippen molar-refractivity contribution in [2.45, 2.75) is 26.0 Å². The molecule has 1 unspecified atom stereocenters. The number of benzene rings is 1. The third-order valence-electron chi connectivity index (χ3n) is 3.98. The summed E-state index contributed by atoms with van der Waals surface area (Å²) < 4.78 is 17.0. The van der Waals surface area contributed by atoms with Gasteiger partial charge in [0.25, 0.3) is 0 Å². The molecule has 2 aliphatic rings. The Balaban J connectivity index is 1.55. The van der Waals surface area contributed by atoms with Gasteiger partial charge in [-0.15, -0.1) is 0 Å². The lowest BCUT2D eigenvalue weighted by Gasteiger charge is -2.35. The van der Waals surface area contributed by atoms with Crippen LogP contribution >= 0.6 is 0 Å². The van der Waals surface area contributed by atoms with Crippen LogP contribution in [0.15, 0.2) is 18.2 Å². The van der Waals surface area contributed by atoms with Crippen molar-refractivity contribution < 1.29 is 14.2 Å². The van der Waals surface area contributed by atoms with Crippen LogP contribution in [-0.4, -0.2) is 56.5 Å². The first-order valence-corrected chi connectivity index (χ1v) is 7.71. The predicted molar refractivity (Wildman–Crippen MR) is 82.4 cm³/mol. The maximum Gasteiger partial charge on any atom is 0.163 e. The Kier molecular flexibility index (Phi) is 4.51. The number of nitrogens with one attached hydrogen (secondary N) is 1. The second-order valence-corrected chi connectivity index (χ2v) is 5.82. The Morgan fingerprint density at radius 3 is 2.81 bits per heavy atom. The Bertz CT molecular complexity index is 479. The molecule has 1 fully saturated rings. The molecule has 1 aromatic carbocycles. The molecule has 0 aliphatic carbocycles. The van der Waals surface area contributed by atoms with Gasteiger partial charge in [0, 0.05) is 37.4 Å². The van der Waals surface area contributed by atoms with Gasteiger partial charge in [-0.05, 0) is 26.0 Å². The predicted octanol–water partition coefficient (Wildman–Crippen LogP) is 1.98. The van der Waals surface area contributed by atoms with E-state index in [1.54, 1.807) is 0 Å². The summed E-state index contributed by atoms with van der Waals surface area (Å²) in [4.78, 5) is 2.46. The molecule has 0 radical (unpaired) electrons. The van der Waals surface area contributed by atoms with E-state index < -0.39 is 0 Å². The molecule has 0 saturated carbocycles. The van der Waals surface area contributed by atoms with Crippen molar-refractivity contribution >= 4 is 5.69 Å². The molecule has 5 heteroatoms. The monoisotopic (exact) mass is 292 g/mol. The lowest BCUT2D eigenvalue weighted by molar-refractivity contribution is -0.0315. The van der Waals surface area contributed by atoms with Gasteiger partial charge < -0.3 is 19.5 Å². The maximum absolute atomic E-state index is 5.83. The van der Waals surface area contributed by atoms with Crippen molar-refractivity contribution in [3.05, 3.63) is 18.2 Å². The Morgan fingerprint density at radius 1 is 1.19 bits per heavy atom. The number of rotatable bonds is 4. The van der Waals surface area contributed by atoms with Gasteiger partial charge >= 0.3 is 0 Å². The van der Waals surface area contributed by atoms with E-state index in [0.717, 1.165) is 43.4 Å². The molecule has 0 aromatic heterocycles. The van der Waals surface area contributed by atoms with Crippen LogP contribution in [0, 0.1) is 0 Å². The highest BCUT2D eigenvalue weighted by molar-refractivity contribution is 5.55. The van der Waals surface area contributed by atoms with E-state index in [1.165, 1.54) is 0 Å². The van der Waals surface area contributed by atoms with Crippen molar-refractivity contribution in [1.29, 1.82) is 0 Å². The molecule has 116 valence electrons. The third-order valence-corrected chi connectivity index (χ3v) is 3.98. The average molecular weight is 292 g/mol. The SMILES string of the molecule is CC(C)N1CCOC(CNc2ccc3c(c2)OCCO3)C1. The fraction of sp³-hybridized carbons (Fsp3) is 0.625. The summed E-state index contributed by atoms with van der Waals surface area (Å²) in [6.45, 7) is 9.33. The zero-order chi connectivity index (χ0) is 14.7. The molecule has 2 aliphatic heterocycles. The number of hydrogen-bond acceptors (Lipinski definition) is 5. The summed E-state index contributed by atoms with van der Waals surface area (Å²) >= 11 is 0. The molecule has 1 aromatic rings. The van der Waals surface area contributed by atoms with E-state index >= 15 is 0 Å². The normalized spacial score (nSPS) is 22.3. The number of hydrogen-bond donors (Lipinski definition) is 1. The highest BCUT2D eigenvalue weighted by Crippen LogP contribution is 2.32. The minimum atomic E-state index is 0.231. The number of ether oxygens (including phenoxy) is 3. The molecular weight excluding hydrogens is 268 g/mol. The van der Waals surface area contributed by atoms with Gasteiger partial charge in [-0.3, -0.25) is 4.90 Å². The summed E-state index contributed by atoms with van der Waals surface area (Å²) in [7, 11) is 0. The molecule has 3 rings (SSSR count). The maximum atomic E-state index is 5.83. The molecular formula is C16H24N2O3. The number of anilines is 1. The Morgan fingerprint density at radius 2 is 2.00 bits per heavy atom. The second kappa shape index (κ2) is 6.54. The average Bonchev–Trinajstić information content (AvgIpc) is 2.53. The summed E-state index contributed by atoms with van der Waals surface area (Å²) in [6.07, 6.45) is 0.231. The lowest BCUT2D eigenvalue weighted by Crippen LogP contribution is -2.48. The van der Waals surface area contributed by atoms with E-state index in [1.807, 2.05) is 18.2 Å². The lowest BCUT2D eigenvalue weighted by atomic mass is 10.2. The highest BCUT2D eigenvalue weighted by Gasteiger charge is 2.22. The van der Waals surface area contributed by atoms with Gasteiger partial charge in [0.2, 0.25) is 0 Å². The molecule has 21 heavy (non-hydrogen) atoms. The molecule has 0 amide bonds. The minimum absolute atomic E-state index is 0.231. The van der Waals surface area contributed by atoms with Gasteiger partial charge in [-0.2, -0.15) is 0 Å². The van der Waals surface area contributed by atoms with Crippen molar-refractivity contribution in [3.63, 3.8) is 0 Å². The second-order valence-electron chi connectivity index (χ2n) is 5.82. The van der Waals surface area contributed by atoms with Crippen LogP contribution in [0.5, 0.6) is 11.5 Å². The van der Waals surface area contributed by atoms with Gasteiger partial charge in [0.1, 0.15) is 13.2 Å². The summed E-state index contributed by atoms with van der Waals surface area (Å²) in [5.41, 5.74) is 1.05. The zero-order valence-corrected chi connectivity index (χ0v) is 12.8. The molecule has 5 nitrogen and oxygen atoms in total. The van der Waals surface area contributed by atoms with Crippen molar-refractivity contribution in [1.82, 2.24) is 4.90 Å². The third kappa shape index (κ3) is 3.60. The van der Waals surface area contributed by atoms with Crippen molar-refractivity contribution in [2.75, 3.05) is 44.8 Å². The zero-order valence-electron chi connectivity index (χ0n) is 12.8. The first-order chi connectivity index (χ1) is 10.2. The Labute approximate surface area is 126 Å². The van der Waals surface area contributed by atoms with Crippen LogP contribution in [0.4, 0.5) is 5.69 Å². The van der Waals surface area contributed by atoms with E-state index in [4.69, 9.17) is 14.2 Å². The van der Waals surface area contributed by atoms with Crippen LogP contribution in [0.25, 0.3) is 0 Å². The van der Waals surface area contributed by atoms with Crippen LogP contribution in [0.3, 0.4) is 0 Å². The highest BCUT2D eigenvalue weighted by atomic mass is 16.6. The van der Waals surface area contributed by atoms with Gasteiger partial charge in [-0.25, -0.2) is 0 Å². The molecule has 1 saturated heterocycles. The molecule has 1 N–H and O–H groups in total. The number of nitrogens with zero attached hydrogens (tertiary/aromatic N) is 1. The topological polar surface area (TPSA) is 43.0 Å². The van der Waals surface area contributed by atoms with E-state index in [2.05, 4.69) is 24.1 Å². The fourth-order valence-electron chi connectivity index (χ4n) is 2.72. The molecule has 0 bridgehead atoms. The quantitative estimate of drug-likeness (QED) is 0.919. The van der Waals surface area contributed by atoms with Crippen LogP contribution in [-0.2, 0) is 4.74 Å². The number of fused-ring (bicyclic) bond motifs is 1. The molecule has 0 spiro atoms. The summed E-state index contributed by atoms with van der Waals surface area (Å²) in [5, 5.41) is 3.44. The van der Waals surface area contributed by atoms with E-state index in [-0.39, 0.29) is 6.10 Å². The Hall–Kier alpha value is -1.46. The first-order valence-electron chi connectivity index (χ1n) is 7.71. The summed E-state index contributed by atoms with van der Waals surface area (Å²) in [6, 6.07) is 6.55. The van der Waals surface area contributed by atoms with E-state index in [9.17, 15) is 0 Å². The van der Waals surface area contributed by atoms with Gasteiger partial charge in [0.15, 0.2) is 11.5 Å². The van der Waals surface area contributed by atoms with Gasteiger partial charge in [-0.1, -0.05) is 0 Å². The summed E-state index contributed by atoms with van der Waals surface area (Å²) in [5.74, 6) is 1.64. The smallest absolute Gasteiger partial charge is 0.163 e. The fourth-order valence-corrected chi connectivity index (χ4v) is 2.72. The van der Waals surface area contributed by atoms with Crippen LogP contribution in [0.1, 0.15) is 13.8 Å².